The maximum absolute atomic E-state index is 13.5. The van der Waals surface area contributed by atoms with Crippen LogP contribution in [0.15, 0.2) is 67.4 Å². The monoisotopic (exact) mass is 468 g/mol. The van der Waals surface area contributed by atoms with Crippen LogP contribution in [0.25, 0.3) is 17.2 Å². The molecule has 11 heteroatoms. The average Bonchev–Trinajstić information content (AvgIpc) is 3.43. The van der Waals surface area contributed by atoms with Crippen LogP contribution >= 0.6 is 0 Å². The zero-order chi connectivity index (χ0) is 24.2. The normalized spacial score (nSPS) is 16.8. The zero-order valence-electron chi connectivity index (χ0n) is 18.3. The quantitative estimate of drug-likeness (QED) is 0.410. The third kappa shape index (κ3) is 3.24. The van der Waals surface area contributed by atoms with Crippen molar-refractivity contribution in [2.45, 2.75) is 12.3 Å². The van der Waals surface area contributed by atoms with Gasteiger partial charge in [0, 0.05) is 24.8 Å². The van der Waals surface area contributed by atoms with Crippen molar-refractivity contribution >= 4 is 23.2 Å². The number of halogens is 1. The minimum Gasteiger partial charge on any atom is -0.434 e. The molecule has 172 valence electrons. The third-order valence-electron chi connectivity index (χ3n) is 5.97. The number of imidazole rings is 1. The Balaban J connectivity index is 1.46. The van der Waals surface area contributed by atoms with Gasteiger partial charge in [-0.1, -0.05) is 12.1 Å². The Morgan fingerprint density at radius 3 is 2.71 bits per heavy atom. The Morgan fingerprint density at radius 2 is 1.94 bits per heavy atom. The summed E-state index contributed by atoms with van der Waals surface area (Å²) < 4.78 is 21.1. The van der Waals surface area contributed by atoms with Gasteiger partial charge in [-0.25, -0.2) is 24.3 Å². The van der Waals surface area contributed by atoms with Crippen molar-refractivity contribution in [1.29, 1.82) is 0 Å². The molecule has 1 amide bonds. The molecular formula is C24H17FN8O2. The number of hydrogen-bond donors (Lipinski definition) is 2. The van der Waals surface area contributed by atoms with Gasteiger partial charge in [-0.3, -0.25) is 9.78 Å². The van der Waals surface area contributed by atoms with E-state index in [0.717, 1.165) is 0 Å². The minimum atomic E-state index is -1.18. The first-order valence-corrected chi connectivity index (χ1v) is 10.6. The molecule has 1 atom stereocenters. The predicted molar refractivity (Wildman–Crippen MR) is 124 cm³/mol. The van der Waals surface area contributed by atoms with Crippen LogP contribution in [0.1, 0.15) is 18.1 Å². The van der Waals surface area contributed by atoms with E-state index in [4.69, 9.17) is 10.5 Å². The van der Waals surface area contributed by atoms with E-state index in [-0.39, 0.29) is 29.2 Å². The second kappa shape index (κ2) is 7.55. The number of anilines is 2. The Labute approximate surface area is 197 Å². The van der Waals surface area contributed by atoms with Crippen molar-refractivity contribution in [1.82, 2.24) is 29.3 Å². The van der Waals surface area contributed by atoms with E-state index in [1.54, 1.807) is 66.6 Å². The number of nitrogen functional groups attached to an aromatic ring is 1. The van der Waals surface area contributed by atoms with Crippen LogP contribution in [0.3, 0.4) is 0 Å². The van der Waals surface area contributed by atoms with Gasteiger partial charge in [0.2, 0.25) is 11.6 Å². The van der Waals surface area contributed by atoms with Crippen molar-refractivity contribution in [3.05, 3.63) is 84.3 Å². The minimum absolute atomic E-state index is 0.109. The van der Waals surface area contributed by atoms with Crippen LogP contribution in [-0.2, 0) is 10.2 Å². The van der Waals surface area contributed by atoms with Gasteiger partial charge in [0.05, 0.1) is 11.8 Å². The molecule has 1 aromatic carbocycles. The molecule has 0 radical (unpaired) electrons. The van der Waals surface area contributed by atoms with E-state index < -0.39 is 11.2 Å². The van der Waals surface area contributed by atoms with Gasteiger partial charge in [0.1, 0.15) is 34.3 Å². The van der Waals surface area contributed by atoms with E-state index in [1.165, 1.54) is 12.1 Å². The maximum atomic E-state index is 13.5. The Kier molecular flexibility index (Phi) is 4.46. The zero-order valence-corrected chi connectivity index (χ0v) is 18.3. The van der Waals surface area contributed by atoms with Crippen molar-refractivity contribution in [3.8, 4) is 23.1 Å². The fraction of sp³-hybridized carbons (Fsp3) is 0.0833. The van der Waals surface area contributed by atoms with Crippen molar-refractivity contribution < 1.29 is 13.9 Å². The molecule has 1 aliphatic rings. The molecule has 4 aromatic heterocycles. The standard InChI is InChI=1S/C24H17FN8O2/c1-24(13-4-6-14(25)7-5-13)17-18(26)30-19(31-20(17)32-23(24)34)16-12-33-10-9-28-21(33)22(29-16)35-15-3-2-8-27-11-15/h2-12H,1H3,(H3,26,30,31,32,34). The highest BCUT2D eigenvalue weighted by Crippen LogP contribution is 2.45. The number of rotatable bonds is 4. The molecule has 10 nitrogen and oxygen atoms in total. The highest BCUT2D eigenvalue weighted by Gasteiger charge is 2.47. The molecule has 3 N–H and O–H groups in total. The fourth-order valence-corrected chi connectivity index (χ4v) is 4.18. The second-order valence-electron chi connectivity index (χ2n) is 8.12. The second-order valence-corrected chi connectivity index (χ2v) is 8.12. The van der Waals surface area contributed by atoms with Gasteiger partial charge in [-0.2, -0.15) is 0 Å². The first-order valence-electron chi connectivity index (χ1n) is 10.6. The Morgan fingerprint density at radius 1 is 1.11 bits per heavy atom. The summed E-state index contributed by atoms with van der Waals surface area (Å²) >= 11 is 0. The van der Waals surface area contributed by atoms with E-state index in [1.807, 2.05) is 0 Å². The number of pyridine rings is 1. The summed E-state index contributed by atoms with van der Waals surface area (Å²) in [7, 11) is 0. The number of hydrogen-bond acceptors (Lipinski definition) is 8. The lowest BCUT2D eigenvalue weighted by molar-refractivity contribution is -0.119. The number of amides is 1. The first kappa shape index (κ1) is 20.7. The van der Waals surface area contributed by atoms with Crippen LogP contribution in [-0.4, -0.2) is 35.2 Å². The summed E-state index contributed by atoms with van der Waals surface area (Å²) in [6, 6.07) is 9.18. The van der Waals surface area contributed by atoms with Gasteiger partial charge >= 0.3 is 0 Å². The molecule has 5 heterocycles. The number of fused-ring (bicyclic) bond motifs is 2. The van der Waals surface area contributed by atoms with E-state index in [2.05, 4.69) is 30.2 Å². The van der Waals surface area contributed by atoms with E-state index >= 15 is 0 Å². The summed E-state index contributed by atoms with van der Waals surface area (Å²) in [5, 5.41) is 2.79. The molecule has 1 aliphatic heterocycles. The molecule has 0 aliphatic carbocycles. The molecule has 0 saturated heterocycles. The third-order valence-corrected chi connectivity index (χ3v) is 5.97. The average molecular weight is 468 g/mol. The molecule has 6 rings (SSSR count). The van der Waals surface area contributed by atoms with Crippen LogP contribution in [0.5, 0.6) is 11.6 Å². The largest absolute Gasteiger partial charge is 0.434 e. The van der Waals surface area contributed by atoms with Crippen LogP contribution in [0.2, 0.25) is 0 Å². The maximum Gasteiger partial charge on any atom is 0.264 e. The van der Waals surface area contributed by atoms with Gasteiger partial charge in [0.15, 0.2) is 5.82 Å². The first-order chi connectivity index (χ1) is 16.9. The predicted octanol–water partition coefficient (Wildman–Crippen LogP) is 3.35. The summed E-state index contributed by atoms with van der Waals surface area (Å²) in [6.07, 6.45) is 8.24. The number of benzene rings is 1. The summed E-state index contributed by atoms with van der Waals surface area (Å²) in [5.74, 6) is 0.541. The SMILES string of the molecule is CC1(c2ccc(F)cc2)C(=O)Nc2nc(-c3cn4ccnc4c(Oc4cccnc4)n3)nc(N)c21. The fourth-order valence-electron chi connectivity index (χ4n) is 4.18. The van der Waals surface area contributed by atoms with Crippen LogP contribution in [0.4, 0.5) is 16.0 Å². The van der Waals surface area contributed by atoms with Crippen molar-refractivity contribution in [2.24, 2.45) is 0 Å². The van der Waals surface area contributed by atoms with E-state index in [9.17, 15) is 9.18 Å². The molecule has 35 heavy (non-hydrogen) atoms. The lowest BCUT2D eigenvalue weighted by Gasteiger charge is -2.23. The number of carbonyl (C=O) groups is 1. The smallest absolute Gasteiger partial charge is 0.264 e. The molecule has 0 saturated carbocycles. The summed E-state index contributed by atoms with van der Waals surface area (Å²) in [6.45, 7) is 1.70. The number of nitrogens with one attached hydrogen (secondary N) is 1. The van der Waals surface area contributed by atoms with Gasteiger partial charge < -0.3 is 20.2 Å². The number of nitrogens with zero attached hydrogens (tertiary/aromatic N) is 6. The number of carbonyl (C=O) groups excluding carboxylic acids is 1. The van der Waals surface area contributed by atoms with E-state index in [0.29, 0.717) is 28.2 Å². The number of ether oxygens (including phenoxy) is 1. The summed E-state index contributed by atoms with van der Waals surface area (Å²) in [5.41, 5.74) is 7.03. The summed E-state index contributed by atoms with van der Waals surface area (Å²) in [4.78, 5) is 35.0. The van der Waals surface area contributed by atoms with Crippen LogP contribution in [0, 0.1) is 5.82 Å². The molecular weight excluding hydrogens is 451 g/mol. The number of nitrogens with two attached hydrogens (primary N) is 1. The van der Waals surface area contributed by atoms with Gasteiger partial charge in [0.25, 0.3) is 5.88 Å². The van der Waals surface area contributed by atoms with Gasteiger partial charge in [-0.15, -0.1) is 0 Å². The lowest BCUT2D eigenvalue weighted by atomic mass is 9.78. The molecule has 5 aromatic rings. The molecule has 0 spiro atoms. The highest BCUT2D eigenvalue weighted by atomic mass is 19.1. The lowest BCUT2D eigenvalue weighted by Crippen LogP contribution is -2.33. The van der Waals surface area contributed by atoms with Crippen molar-refractivity contribution in [2.75, 3.05) is 11.1 Å². The molecule has 0 fully saturated rings. The van der Waals surface area contributed by atoms with Crippen molar-refractivity contribution in [3.63, 3.8) is 0 Å². The van der Waals surface area contributed by atoms with Gasteiger partial charge in [-0.05, 0) is 36.8 Å². The highest BCUT2D eigenvalue weighted by molar-refractivity contribution is 6.09. The van der Waals surface area contributed by atoms with Crippen LogP contribution < -0.4 is 15.8 Å². The molecule has 0 bridgehead atoms. The number of aromatic nitrogens is 6. The molecule has 1 unspecified atom stereocenters. The topological polar surface area (TPSA) is 133 Å². The Bertz CT molecular complexity index is 1600. The Hall–Kier alpha value is -4.93.